The van der Waals surface area contributed by atoms with Crippen LogP contribution in [0.1, 0.15) is 25.0 Å². The van der Waals surface area contributed by atoms with Gasteiger partial charge < -0.3 is 4.74 Å². The van der Waals surface area contributed by atoms with Crippen molar-refractivity contribution in [3.05, 3.63) is 53.6 Å². The fourth-order valence-corrected chi connectivity index (χ4v) is 3.48. The summed E-state index contributed by atoms with van der Waals surface area (Å²) in [6, 6.07) is 12.3. The van der Waals surface area contributed by atoms with E-state index in [1.807, 2.05) is 32.0 Å². The number of nitrogens with one attached hydrogen (secondary N) is 1. The van der Waals surface area contributed by atoms with Gasteiger partial charge in [-0.05, 0) is 48.2 Å². The van der Waals surface area contributed by atoms with Gasteiger partial charge in [-0.2, -0.15) is 0 Å². The number of hydrogen-bond acceptors (Lipinski definition) is 3. The molecular weight excluding hydrogens is 298 g/mol. The predicted octanol–water partition coefficient (Wildman–Crippen LogP) is 3.62. The predicted molar refractivity (Wildman–Crippen MR) is 89.0 cm³/mol. The van der Waals surface area contributed by atoms with Crippen molar-refractivity contribution < 1.29 is 13.2 Å². The first kappa shape index (κ1) is 16.4. The second-order valence-corrected chi connectivity index (χ2v) is 6.63. The Morgan fingerprint density at radius 3 is 2.32 bits per heavy atom. The Labute approximate surface area is 132 Å². The monoisotopic (exact) mass is 319 g/mol. The van der Waals surface area contributed by atoms with Gasteiger partial charge in [-0.1, -0.05) is 32.0 Å². The molecule has 0 bridgehead atoms. The average Bonchev–Trinajstić information content (AvgIpc) is 2.54. The van der Waals surface area contributed by atoms with E-state index in [-0.39, 0.29) is 4.90 Å². The molecule has 2 rings (SSSR count). The van der Waals surface area contributed by atoms with E-state index in [0.29, 0.717) is 17.9 Å². The third-order valence-corrected chi connectivity index (χ3v) is 4.95. The van der Waals surface area contributed by atoms with E-state index < -0.39 is 10.0 Å². The molecule has 0 heterocycles. The molecule has 0 aliphatic carbocycles. The number of ether oxygens (including phenoxy) is 1. The molecule has 1 N–H and O–H groups in total. The van der Waals surface area contributed by atoms with E-state index in [1.165, 1.54) is 0 Å². The fourth-order valence-electron chi connectivity index (χ4n) is 2.33. The number of rotatable bonds is 6. The third kappa shape index (κ3) is 3.42. The van der Waals surface area contributed by atoms with Crippen molar-refractivity contribution in [3.63, 3.8) is 0 Å². The van der Waals surface area contributed by atoms with Crippen LogP contribution < -0.4 is 9.46 Å². The molecule has 0 atom stereocenters. The van der Waals surface area contributed by atoms with Crippen molar-refractivity contribution in [2.75, 3.05) is 11.8 Å². The first-order chi connectivity index (χ1) is 10.5. The van der Waals surface area contributed by atoms with Crippen LogP contribution in [0.25, 0.3) is 0 Å². The zero-order valence-electron chi connectivity index (χ0n) is 13.1. The molecule has 0 amide bonds. The summed E-state index contributed by atoms with van der Waals surface area (Å²) in [5, 5.41) is 0. The summed E-state index contributed by atoms with van der Waals surface area (Å²) in [4.78, 5) is 0.246. The van der Waals surface area contributed by atoms with E-state index in [2.05, 4.69) is 4.72 Å². The van der Waals surface area contributed by atoms with Crippen LogP contribution in [0.4, 0.5) is 5.69 Å². The third-order valence-electron chi connectivity index (χ3n) is 3.59. The topological polar surface area (TPSA) is 55.4 Å². The normalized spacial score (nSPS) is 11.2. The van der Waals surface area contributed by atoms with E-state index in [9.17, 15) is 8.42 Å². The summed E-state index contributed by atoms with van der Waals surface area (Å²) in [6.45, 7) is 3.96. The number of benzene rings is 2. The lowest BCUT2D eigenvalue weighted by Gasteiger charge is -2.13. The second kappa shape index (κ2) is 6.83. The molecule has 0 fully saturated rings. The highest BCUT2D eigenvalue weighted by molar-refractivity contribution is 7.92. The van der Waals surface area contributed by atoms with E-state index in [4.69, 9.17) is 4.74 Å². The van der Waals surface area contributed by atoms with Gasteiger partial charge in [0, 0.05) is 0 Å². The number of para-hydroxylation sites is 1. The Kier molecular flexibility index (Phi) is 5.08. The molecule has 22 heavy (non-hydrogen) atoms. The summed E-state index contributed by atoms with van der Waals surface area (Å²) in [5.74, 6) is 0.704. The fraction of sp³-hybridized carbons (Fsp3) is 0.294. The number of anilines is 1. The van der Waals surface area contributed by atoms with Gasteiger partial charge in [0.1, 0.15) is 5.75 Å². The Morgan fingerprint density at radius 2 is 1.68 bits per heavy atom. The molecule has 4 nitrogen and oxygen atoms in total. The second-order valence-electron chi connectivity index (χ2n) is 4.94. The van der Waals surface area contributed by atoms with Crippen LogP contribution in [0.5, 0.6) is 5.75 Å². The molecule has 0 radical (unpaired) electrons. The lowest BCUT2D eigenvalue weighted by molar-refractivity contribution is 0.409. The molecule has 0 saturated heterocycles. The Balaban J connectivity index is 2.38. The van der Waals surface area contributed by atoms with Gasteiger partial charge in [0.25, 0.3) is 10.0 Å². The largest absolute Gasteiger partial charge is 0.496 e. The number of aryl methyl sites for hydroxylation is 2. The maximum Gasteiger partial charge on any atom is 0.261 e. The molecule has 0 saturated carbocycles. The highest BCUT2D eigenvalue weighted by Gasteiger charge is 2.17. The molecule has 118 valence electrons. The van der Waals surface area contributed by atoms with Crippen molar-refractivity contribution in [1.29, 1.82) is 0 Å². The van der Waals surface area contributed by atoms with E-state index >= 15 is 0 Å². The standard InChI is InChI=1S/C17H21NO3S/c1-4-13-8-6-7-9-16(13)18-22(19,20)15-10-11-17(21-3)14(5-2)12-15/h6-12,18H,4-5H2,1-3H3. The van der Waals surface area contributed by atoms with Crippen molar-refractivity contribution >= 4 is 15.7 Å². The molecule has 5 heteroatoms. The van der Waals surface area contributed by atoms with Gasteiger partial charge in [0.05, 0.1) is 17.7 Å². The van der Waals surface area contributed by atoms with Gasteiger partial charge in [-0.15, -0.1) is 0 Å². The van der Waals surface area contributed by atoms with Crippen LogP contribution in [0.15, 0.2) is 47.4 Å². The smallest absolute Gasteiger partial charge is 0.261 e. The zero-order chi connectivity index (χ0) is 16.2. The molecule has 2 aromatic rings. The minimum Gasteiger partial charge on any atom is -0.496 e. The SMILES string of the molecule is CCc1ccccc1NS(=O)(=O)c1ccc(OC)c(CC)c1. The van der Waals surface area contributed by atoms with Crippen LogP contribution in [0, 0.1) is 0 Å². The molecule has 0 aromatic heterocycles. The first-order valence-corrected chi connectivity index (χ1v) is 8.77. The van der Waals surface area contributed by atoms with Gasteiger partial charge in [0.15, 0.2) is 0 Å². The van der Waals surface area contributed by atoms with E-state index in [1.54, 1.807) is 31.4 Å². The first-order valence-electron chi connectivity index (χ1n) is 7.29. The Morgan fingerprint density at radius 1 is 1.00 bits per heavy atom. The number of sulfonamides is 1. The van der Waals surface area contributed by atoms with Crippen LogP contribution in [0.2, 0.25) is 0 Å². The summed E-state index contributed by atoms with van der Waals surface area (Å²) in [5.41, 5.74) is 2.46. The number of methoxy groups -OCH3 is 1. The van der Waals surface area contributed by atoms with Gasteiger partial charge >= 0.3 is 0 Å². The zero-order valence-corrected chi connectivity index (χ0v) is 13.9. The summed E-state index contributed by atoms with van der Waals surface area (Å²) in [6.07, 6.45) is 1.47. The van der Waals surface area contributed by atoms with Crippen LogP contribution in [0.3, 0.4) is 0 Å². The van der Waals surface area contributed by atoms with Crippen LogP contribution >= 0.6 is 0 Å². The maximum absolute atomic E-state index is 12.6. The van der Waals surface area contributed by atoms with E-state index in [0.717, 1.165) is 17.5 Å². The van der Waals surface area contributed by atoms with Crippen LogP contribution in [-0.2, 0) is 22.9 Å². The van der Waals surface area contributed by atoms with Gasteiger partial charge in [-0.25, -0.2) is 8.42 Å². The van der Waals surface area contributed by atoms with Crippen molar-refractivity contribution in [1.82, 2.24) is 0 Å². The molecule has 0 unspecified atom stereocenters. The Hall–Kier alpha value is -2.01. The quantitative estimate of drug-likeness (QED) is 0.884. The number of hydrogen-bond donors (Lipinski definition) is 1. The molecule has 0 spiro atoms. The molecule has 2 aromatic carbocycles. The molecular formula is C17H21NO3S. The van der Waals surface area contributed by atoms with Gasteiger partial charge in [0.2, 0.25) is 0 Å². The maximum atomic E-state index is 12.6. The minimum atomic E-state index is -3.61. The lowest BCUT2D eigenvalue weighted by Crippen LogP contribution is -2.14. The average molecular weight is 319 g/mol. The van der Waals surface area contributed by atoms with Crippen molar-refractivity contribution in [2.45, 2.75) is 31.6 Å². The highest BCUT2D eigenvalue weighted by Crippen LogP contribution is 2.25. The summed E-state index contributed by atoms with van der Waals surface area (Å²) < 4.78 is 33.1. The lowest BCUT2D eigenvalue weighted by atomic mass is 10.1. The molecule has 0 aliphatic heterocycles. The van der Waals surface area contributed by atoms with Gasteiger partial charge in [-0.3, -0.25) is 4.72 Å². The van der Waals surface area contributed by atoms with Crippen LogP contribution in [-0.4, -0.2) is 15.5 Å². The summed E-state index contributed by atoms with van der Waals surface area (Å²) >= 11 is 0. The van der Waals surface area contributed by atoms with Crippen molar-refractivity contribution in [3.8, 4) is 5.75 Å². The Bertz CT molecular complexity index is 754. The highest BCUT2D eigenvalue weighted by atomic mass is 32.2. The molecule has 0 aliphatic rings. The minimum absolute atomic E-state index is 0.246. The van der Waals surface area contributed by atoms with Crippen molar-refractivity contribution in [2.24, 2.45) is 0 Å². The summed E-state index contributed by atoms with van der Waals surface area (Å²) in [7, 11) is -2.03.